The standard InChI is InChI=1S/C24H21N3O5S/c1-14-23(29)27(13-20(28)17-6-5-16(30-2)11-22(17)31-3)19-10-15(4-7-21(19)32-14)18-12-26-8-9-33-24(26)25-18/h4-12,14H,13H2,1-3H3. The van der Waals surface area contributed by atoms with Crippen molar-refractivity contribution in [3.05, 3.63) is 59.7 Å². The number of benzene rings is 2. The number of ketones is 1. The van der Waals surface area contributed by atoms with Crippen LogP contribution in [0.3, 0.4) is 0 Å². The number of rotatable bonds is 6. The normalized spacial score (nSPS) is 15.3. The van der Waals surface area contributed by atoms with Crippen molar-refractivity contribution < 1.29 is 23.8 Å². The second-order valence-electron chi connectivity index (χ2n) is 7.58. The molecule has 1 atom stereocenters. The van der Waals surface area contributed by atoms with E-state index in [9.17, 15) is 9.59 Å². The number of methoxy groups -OCH3 is 2. The van der Waals surface area contributed by atoms with E-state index in [1.165, 1.54) is 12.0 Å². The highest BCUT2D eigenvalue weighted by atomic mass is 32.1. The zero-order valence-corrected chi connectivity index (χ0v) is 19.1. The Labute approximate surface area is 193 Å². The molecule has 0 aliphatic carbocycles. The number of carbonyl (C=O) groups excluding carboxylic acids is 2. The fourth-order valence-electron chi connectivity index (χ4n) is 3.85. The molecule has 0 N–H and O–H groups in total. The molecule has 1 aliphatic rings. The summed E-state index contributed by atoms with van der Waals surface area (Å²) < 4.78 is 18.3. The number of imidazole rings is 1. The zero-order chi connectivity index (χ0) is 23.1. The molecular formula is C24H21N3O5S. The van der Waals surface area contributed by atoms with Crippen molar-refractivity contribution in [1.82, 2.24) is 9.38 Å². The summed E-state index contributed by atoms with van der Waals surface area (Å²) in [5.74, 6) is 0.970. The van der Waals surface area contributed by atoms with Gasteiger partial charge in [0, 0.05) is 29.4 Å². The van der Waals surface area contributed by atoms with Crippen LogP contribution < -0.4 is 19.1 Å². The van der Waals surface area contributed by atoms with E-state index in [4.69, 9.17) is 14.2 Å². The van der Waals surface area contributed by atoms with Crippen molar-refractivity contribution in [2.24, 2.45) is 0 Å². The van der Waals surface area contributed by atoms with Crippen LogP contribution in [0.15, 0.2) is 54.2 Å². The number of hydrogen-bond donors (Lipinski definition) is 0. The highest BCUT2D eigenvalue weighted by Gasteiger charge is 2.34. The van der Waals surface area contributed by atoms with Gasteiger partial charge in [0.15, 0.2) is 16.8 Å². The summed E-state index contributed by atoms with van der Waals surface area (Å²) in [5, 5.41) is 1.97. The third kappa shape index (κ3) is 3.70. The van der Waals surface area contributed by atoms with E-state index in [0.717, 1.165) is 16.2 Å². The van der Waals surface area contributed by atoms with E-state index < -0.39 is 6.10 Å². The Bertz CT molecular complexity index is 1350. The predicted molar refractivity (Wildman–Crippen MR) is 125 cm³/mol. The van der Waals surface area contributed by atoms with E-state index in [0.29, 0.717) is 28.5 Å². The molecule has 1 aliphatic heterocycles. The highest BCUT2D eigenvalue weighted by Crippen LogP contribution is 2.38. The van der Waals surface area contributed by atoms with Gasteiger partial charge in [0.1, 0.15) is 17.2 Å². The molecule has 168 valence electrons. The highest BCUT2D eigenvalue weighted by molar-refractivity contribution is 7.15. The molecule has 0 saturated heterocycles. The van der Waals surface area contributed by atoms with E-state index in [1.54, 1.807) is 43.6 Å². The predicted octanol–water partition coefficient (Wildman–Crippen LogP) is 4.08. The molecule has 0 saturated carbocycles. The zero-order valence-electron chi connectivity index (χ0n) is 18.3. The molecule has 0 radical (unpaired) electrons. The van der Waals surface area contributed by atoms with Crippen LogP contribution >= 0.6 is 11.3 Å². The minimum Gasteiger partial charge on any atom is -0.497 e. The van der Waals surface area contributed by atoms with Crippen molar-refractivity contribution in [2.75, 3.05) is 25.7 Å². The number of aromatic nitrogens is 2. The Morgan fingerprint density at radius 2 is 2.03 bits per heavy atom. The molecule has 0 bridgehead atoms. The first-order valence-corrected chi connectivity index (χ1v) is 11.2. The molecule has 33 heavy (non-hydrogen) atoms. The SMILES string of the molecule is COc1ccc(C(=O)CN2C(=O)C(C)Oc3ccc(-c4cn5ccsc5n4)cc32)c(OC)c1. The van der Waals surface area contributed by atoms with Gasteiger partial charge >= 0.3 is 0 Å². The largest absolute Gasteiger partial charge is 0.497 e. The molecule has 0 fully saturated rings. The second kappa shape index (κ2) is 8.25. The number of hydrogen-bond acceptors (Lipinski definition) is 7. The van der Waals surface area contributed by atoms with Gasteiger partial charge in [0.25, 0.3) is 5.91 Å². The topological polar surface area (TPSA) is 82.4 Å². The number of Topliss-reactive ketones (excluding diaryl/α,β-unsaturated/α-hetero) is 1. The van der Waals surface area contributed by atoms with Crippen LogP contribution in [-0.4, -0.2) is 47.9 Å². The van der Waals surface area contributed by atoms with Crippen molar-refractivity contribution in [3.63, 3.8) is 0 Å². The number of amides is 1. The summed E-state index contributed by atoms with van der Waals surface area (Å²) in [6.45, 7) is 1.53. The van der Waals surface area contributed by atoms with Crippen LogP contribution in [0.25, 0.3) is 16.2 Å². The maximum absolute atomic E-state index is 13.2. The van der Waals surface area contributed by atoms with Gasteiger partial charge < -0.3 is 14.2 Å². The van der Waals surface area contributed by atoms with Crippen molar-refractivity contribution >= 4 is 33.7 Å². The molecule has 5 rings (SSSR count). The number of carbonyl (C=O) groups is 2. The van der Waals surface area contributed by atoms with Gasteiger partial charge in [-0.3, -0.25) is 18.9 Å². The fraction of sp³-hybridized carbons (Fsp3) is 0.208. The van der Waals surface area contributed by atoms with Gasteiger partial charge in [-0.15, -0.1) is 11.3 Å². The summed E-state index contributed by atoms with van der Waals surface area (Å²) in [6.07, 6.45) is 3.17. The number of fused-ring (bicyclic) bond motifs is 2. The smallest absolute Gasteiger partial charge is 0.268 e. The molecule has 1 unspecified atom stereocenters. The Morgan fingerprint density at radius 1 is 1.18 bits per heavy atom. The second-order valence-corrected chi connectivity index (χ2v) is 8.45. The first-order valence-electron chi connectivity index (χ1n) is 10.3. The Kier molecular flexibility index (Phi) is 5.26. The number of nitrogens with zero attached hydrogens (tertiary/aromatic N) is 3. The van der Waals surface area contributed by atoms with E-state index in [2.05, 4.69) is 4.98 Å². The maximum atomic E-state index is 13.2. The van der Waals surface area contributed by atoms with Gasteiger partial charge in [0.05, 0.1) is 37.7 Å². The molecule has 2 aromatic heterocycles. The molecule has 1 amide bonds. The van der Waals surface area contributed by atoms with Gasteiger partial charge in [0.2, 0.25) is 0 Å². The lowest BCUT2D eigenvalue weighted by molar-refractivity contribution is -0.125. The van der Waals surface area contributed by atoms with Crippen LogP contribution in [0.4, 0.5) is 5.69 Å². The third-order valence-electron chi connectivity index (χ3n) is 5.57. The molecule has 0 spiro atoms. The summed E-state index contributed by atoms with van der Waals surface area (Å²) in [5.41, 5.74) is 2.51. The van der Waals surface area contributed by atoms with Crippen LogP contribution in [0, 0.1) is 0 Å². The first kappa shape index (κ1) is 21.0. The molecular weight excluding hydrogens is 442 g/mol. The number of anilines is 1. The Hall–Kier alpha value is -3.85. The van der Waals surface area contributed by atoms with Gasteiger partial charge in [-0.2, -0.15) is 0 Å². The average Bonchev–Trinajstić information content (AvgIpc) is 3.44. The number of thiazole rings is 1. The van der Waals surface area contributed by atoms with Crippen LogP contribution in [-0.2, 0) is 4.79 Å². The number of ether oxygens (including phenoxy) is 3. The molecule has 9 heteroatoms. The summed E-state index contributed by atoms with van der Waals surface area (Å²) >= 11 is 1.54. The summed E-state index contributed by atoms with van der Waals surface area (Å²) in [6, 6.07) is 10.5. The van der Waals surface area contributed by atoms with E-state index in [-0.39, 0.29) is 18.2 Å². The minimum atomic E-state index is -0.702. The maximum Gasteiger partial charge on any atom is 0.268 e. The lowest BCUT2D eigenvalue weighted by atomic mass is 10.1. The lowest BCUT2D eigenvalue weighted by Crippen LogP contribution is -2.46. The van der Waals surface area contributed by atoms with Crippen molar-refractivity contribution in [3.8, 4) is 28.5 Å². The third-order valence-corrected chi connectivity index (χ3v) is 6.34. The summed E-state index contributed by atoms with van der Waals surface area (Å²) in [4.78, 5) is 33.2. The monoisotopic (exact) mass is 463 g/mol. The quantitative estimate of drug-likeness (QED) is 0.401. The Morgan fingerprint density at radius 3 is 2.79 bits per heavy atom. The van der Waals surface area contributed by atoms with Crippen LogP contribution in [0.5, 0.6) is 17.2 Å². The first-order chi connectivity index (χ1) is 16.0. The molecule has 3 heterocycles. The Balaban J connectivity index is 1.51. The van der Waals surface area contributed by atoms with Crippen LogP contribution in [0.2, 0.25) is 0 Å². The van der Waals surface area contributed by atoms with Crippen molar-refractivity contribution in [1.29, 1.82) is 0 Å². The summed E-state index contributed by atoms with van der Waals surface area (Å²) in [7, 11) is 3.03. The van der Waals surface area contributed by atoms with Crippen LogP contribution in [0.1, 0.15) is 17.3 Å². The average molecular weight is 464 g/mol. The lowest BCUT2D eigenvalue weighted by Gasteiger charge is -2.33. The van der Waals surface area contributed by atoms with E-state index in [1.807, 2.05) is 40.4 Å². The van der Waals surface area contributed by atoms with Gasteiger partial charge in [-0.1, -0.05) is 0 Å². The molecule has 4 aromatic rings. The minimum absolute atomic E-state index is 0.149. The van der Waals surface area contributed by atoms with E-state index >= 15 is 0 Å². The molecule has 8 nitrogen and oxygen atoms in total. The van der Waals surface area contributed by atoms with Gasteiger partial charge in [-0.25, -0.2) is 4.98 Å². The fourth-order valence-corrected chi connectivity index (χ4v) is 4.55. The van der Waals surface area contributed by atoms with Crippen molar-refractivity contribution in [2.45, 2.75) is 13.0 Å². The van der Waals surface area contributed by atoms with Gasteiger partial charge in [-0.05, 0) is 37.3 Å². The molecule has 2 aromatic carbocycles.